The van der Waals surface area contributed by atoms with E-state index in [1.54, 1.807) is 0 Å². The Hall–Kier alpha value is -2.33. The van der Waals surface area contributed by atoms with Crippen LogP contribution in [0.25, 0.3) is 0 Å². The van der Waals surface area contributed by atoms with Gasteiger partial charge in [0.25, 0.3) is 0 Å². The molecule has 2 fully saturated rings. The predicted octanol–water partition coefficient (Wildman–Crippen LogP) is 4.85. The molecule has 28 heavy (non-hydrogen) atoms. The number of ether oxygens (including phenoxy) is 1. The van der Waals surface area contributed by atoms with Crippen molar-refractivity contribution in [2.24, 2.45) is 0 Å². The van der Waals surface area contributed by atoms with E-state index in [4.69, 9.17) is 4.74 Å². The molecule has 0 spiro atoms. The van der Waals surface area contributed by atoms with Crippen LogP contribution in [0, 0.1) is 0 Å². The van der Waals surface area contributed by atoms with E-state index in [0.29, 0.717) is 0 Å². The first-order valence-corrected chi connectivity index (χ1v) is 10.5. The van der Waals surface area contributed by atoms with E-state index in [1.165, 1.54) is 11.1 Å². The summed E-state index contributed by atoms with van der Waals surface area (Å²) in [6, 6.07) is 20.9. The fraction of sp³-hybridized carbons (Fsp3) is 0.458. The number of nitrogens with one attached hydrogen (secondary N) is 1. The molecule has 0 radical (unpaired) electrons. The van der Waals surface area contributed by atoms with Crippen LogP contribution in [0.4, 0.5) is 4.79 Å². The topological polar surface area (TPSA) is 41.6 Å². The summed E-state index contributed by atoms with van der Waals surface area (Å²) in [5.74, 6) is 0. The molecule has 0 unspecified atom stereocenters. The second-order valence-electron chi connectivity index (χ2n) is 8.15. The number of alkyl carbamates (subject to hydrolysis) is 1. The lowest BCUT2D eigenvalue weighted by atomic mass is 9.88. The molecule has 2 aliphatic rings. The van der Waals surface area contributed by atoms with Gasteiger partial charge in [-0.05, 0) is 36.8 Å². The number of piperidine rings is 1. The molecule has 1 saturated carbocycles. The first-order valence-electron chi connectivity index (χ1n) is 10.5. The molecule has 0 atom stereocenters. The summed E-state index contributed by atoms with van der Waals surface area (Å²) in [5, 5.41) is 3.23. The number of hydrogen-bond donors (Lipinski definition) is 1. The average molecular weight is 379 g/mol. The minimum absolute atomic E-state index is 0.0150. The fourth-order valence-electron chi connectivity index (χ4n) is 4.62. The summed E-state index contributed by atoms with van der Waals surface area (Å²) in [6.07, 6.45) is 5.83. The van der Waals surface area contributed by atoms with E-state index in [9.17, 15) is 4.79 Å². The number of benzene rings is 2. The zero-order valence-corrected chi connectivity index (χ0v) is 16.5. The minimum atomic E-state index is -0.258. The van der Waals surface area contributed by atoms with Crippen molar-refractivity contribution in [1.82, 2.24) is 10.2 Å². The molecule has 0 aromatic heterocycles. The van der Waals surface area contributed by atoms with Crippen molar-refractivity contribution in [3.8, 4) is 0 Å². The van der Waals surface area contributed by atoms with Gasteiger partial charge >= 0.3 is 6.09 Å². The van der Waals surface area contributed by atoms with Crippen molar-refractivity contribution in [2.75, 3.05) is 13.1 Å². The van der Waals surface area contributed by atoms with E-state index in [0.717, 1.165) is 58.2 Å². The Bertz CT molecular complexity index is 749. The van der Waals surface area contributed by atoms with Gasteiger partial charge in [-0.1, -0.05) is 73.5 Å². The van der Waals surface area contributed by atoms with Gasteiger partial charge in [0.15, 0.2) is 0 Å². The Balaban J connectivity index is 1.28. The van der Waals surface area contributed by atoms with Crippen molar-refractivity contribution >= 4 is 6.09 Å². The number of carbonyl (C=O) groups excluding carboxylic acids is 1. The molecule has 2 aromatic rings. The molecular weight excluding hydrogens is 348 g/mol. The molecule has 4 nitrogen and oxygen atoms in total. The second-order valence-corrected chi connectivity index (χ2v) is 8.15. The number of hydrogen-bond acceptors (Lipinski definition) is 3. The third kappa shape index (κ3) is 4.56. The van der Waals surface area contributed by atoms with Gasteiger partial charge in [-0.3, -0.25) is 4.90 Å². The van der Waals surface area contributed by atoms with Gasteiger partial charge < -0.3 is 10.1 Å². The van der Waals surface area contributed by atoms with Crippen molar-refractivity contribution in [1.29, 1.82) is 0 Å². The Kier molecular flexibility index (Phi) is 5.96. The molecule has 4 heteroatoms. The highest BCUT2D eigenvalue weighted by Gasteiger charge is 2.38. The van der Waals surface area contributed by atoms with Crippen molar-refractivity contribution in [2.45, 2.75) is 56.7 Å². The smallest absolute Gasteiger partial charge is 0.408 e. The Morgan fingerprint density at radius 1 is 0.964 bits per heavy atom. The van der Waals surface area contributed by atoms with E-state index in [1.807, 2.05) is 18.2 Å². The lowest BCUT2D eigenvalue weighted by molar-refractivity contribution is 0.0432. The first-order chi connectivity index (χ1) is 13.7. The number of amides is 1. The summed E-state index contributed by atoms with van der Waals surface area (Å²) < 4.78 is 5.82. The third-order valence-corrected chi connectivity index (χ3v) is 6.18. The zero-order valence-electron chi connectivity index (χ0n) is 16.5. The lowest BCUT2D eigenvalue weighted by Crippen LogP contribution is -2.46. The quantitative estimate of drug-likeness (QED) is 0.809. The molecule has 1 heterocycles. The molecule has 148 valence electrons. The Morgan fingerprint density at radius 2 is 1.57 bits per heavy atom. The molecule has 1 amide bonds. The Morgan fingerprint density at radius 3 is 2.21 bits per heavy atom. The maximum Gasteiger partial charge on any atom is 0.408 e. The van der Waals surface area contributed by atoms with Gasteiger partial charge in [0.2, 0.25) is 0 Å². The summed E-state index contributed by atoms with van der Waals surface area (Å²) in [5.41, 5.74) is 2.28. The summed E-state index contributed by atoms with van der Waals surface area (Å²) in [6.45, 7) is 2.91. The summed E-state index contributed by atoms with van der Waals surface area (Å²) in [7, 11) is 0. The first kappa shape index (κ1) is 19.0. The summed E-state index contributed by atoms with van der Waals surface area (Å²) >= 11 is 0. The predicted molar refractivity (Wildman–Crippen MR) is 111 cm³/mol. The monoisotopic (exact) mass is 378 g/mol. The SMILES string of the molecule is O=C(NC1(c2ccccc2)CCCC1)OC1CCN(Cc2ccccc2)CC1. The van der Waals surface area contributed by atoms with Gasteiger partial charge in [-0.25, -0.2) is 4.79 Å². The van der Waals surface area contributed by atoms with Crippen LogP contribution in [0.3, 0.4) is 0 Å². The van der Waals surface area contributed by atoms with Crippen molar-refractivity contribution in [3.05, 3.63) is 71.8 Å². The highest BCUT2D eigenvalue weighted by Crippen LogP contribution is 2.38. The van der Waals surface area contributed by atoms with E-state index >= 15 is 0 Å². The highest BCUT2D eigenvalue weighted by atomic mass is 16.6. The number of rotatable bonds is 5. The van der Waals surface area contributed by atoms with Crippen LogP contribution in [0.15, 0.2) is 60.7 Å². The minimum Gasteiger partial charge on any atom is -0.446 e. The second kappa shape index (κ2) is 8.78. The van der Waals surface area contributed by atoms with Gasteiger partial charge in [0.1, 0.15) is 6.10 Å². The normalized spacial score (nSPS) is 20.0. The molecular formula is C24H30N2O2. The van der Waals surface area contributed by atoms with Crippen LogP contribution < -0.4 is 5.32 Å². The molecule has 1 aliphatic carbocycles. The van der Waals surface area contributed by atoms with Crippen LogP contribution in [-0.2, 0) is 16.8 Å². The molecule has 1 saturated heterocycles. The lowest BCUT2D eigenvalue weighted by Gasteiger charge is -2.34. The van der Waals surface area contributed by atoms with Crippen molar-refractivity contribution in [3.63, 3.8) is 0 Å². The van der Waals surface area contributed by atoms with E-state index < -0.39 is 0 Å². The van der Waals surface area contributed by atoms with Crippen LogP contribution in [-0.4, -0.2) is 30.2 Å². The van der Waals surface area contributed by atoms with E-state index in [-0.39, 0.29) is 17.7 Å². The maximum absolute atomic E-state index is 12.7. The van der Waals surface area contributed by atoms with Crippen molar-refractivity contribution < 1.29 is 9.53 Å². The maximum atomic E-state index is 12.7. The summed E-state index contributed by atoms with van der Waals surface area (Å²) in [4.78, 5) is 15.1. The highest BCUT2D eigenvalue weighted by molar-refractivity contribution is 5.69. The third-order valence-electron chi connectivity index (χ3n) is 6.18. The van der Waals surface area contributed by atoms with Gasteiger partial charge in [0.05, 0.1) is 5.54 Å². The molecule has 2 aromatic carbocycles. The van der Waals surface area contributed by atoms with Gasteiger partial charge in [0, 0.05) is 19.6 Å². The molecule has 1 N–H and O–H groups in total. The van der Waals surface area contributed by atoms with Gasteiger partial charge in [-0.15, -0.1) is 0 Å². The Labute approximate surface area is 167 Å². The zero-order chi connectivity index (χ0) is 19.2. The number of likely N-dealkylation sites (tertiary alicyclic amines) is 1. The average Bonchev–Trinajstić information content (AvgIpc) is 3.20. The van der Waals surface area contributed by atoms with Crippen LogP contribution in [0.2, 0.25) is 0 Å². The van der Waals surface area contributed by atoms with Gasteiger partial charge in [-0.2, -0.15) is 0 Å². The molecule has 0 bridgehead atoms. The number of nitrogens with zero attached hydrogens (tertiary/aromatic N) is 1. The largest absolute Gasteiger partial charge is 0.446 e. The van der Waals surface area contributed by atoms with Crippen LogP contribution >= 0.6 is 0 Å². The van der Waals surface area contributed by atoms with Crippen LogP contribution in [0.5, 0.6) is 0 Å². The molecule has 1 aliphatic heterocycles. The molecule has 4 rings (SSSR count). The standard InChI is InChI=1S/C24H30N2O2/c27-23(25-24(15-7-8-16-24)21-11-5-2-6-12-21)28-22-13-17-26(18-14-22)19-20-9-3-1-4-10-20/h1-6,9-12,22H,7-8,13-19H2,(H,25,27). The van der Waals surface area contributed by atoms with Crippen LogP contribution in [0.1, 0.15) is 49.7 Å². The van der Waals surface area contributed by atoms with E-state index in [2.05, 4.69) is 52.7 Å². The fourth-order valence-corrected chi connectivity index (χ4v) is 4.62. The number of carbonyl (C=O) groups is 1.